The van der Waals surface area contributed by atoms with Gasteiger partial charge in [0.1, 0.15) is 5.82 Å². The molecule has 0 bridgehead atoms. The van der Waals surface area contributed by atoms with Crippen LogP contribution in [0, 0.1) is 6.92 Å². The van der Waals surface area contributed by atoms with Crippen molar-refractivity contribution in [3.63, 3.8) is 0 Å². The van der Waals surface area contributed by atoms with Crippen LogP contribution in [0.2, 0.25) is 0 Å². The molecule has 94 valence electrons. The number of hydrogen-bond donors (Lipinski definition) is 0. The number of aromatic nitrogens is 2. The van der Waals surface area contributed by atoms with E-state index >= 15 is 0 Å². The van der Waals surface area contributed by atoms with Crippen molar-refractivity contribution in [1.29, 1.82) is 0 Å². The first-order valence-corrected chi connectivity index (χ1v) is 6.57. The van der Waals surface area contributed by atoms with Crippen molar-refractivity contribution in [2.75, 3.05) is 0 Å². The maximum Gasteiger partial charge on any atom is 0.129 e. The molecule has 0 saturated heterocycles. The maximum absolute atomic E-state index is 4.64. The van der Waals surface area contributed by atoms with Gasteiger partial charge in [-0.2, -0.15) is 0 Å². The molecular weight excluding hydrogens is 232 g/mol. The Morgan fingerprint density at radius 3 is 2.63 bits per heavy atom. The highest BCUT2D eigenvalue weighted by atomic mass is 14.9. The lowest BCUT2D eigenvalue weighted by Gasteiger charge is -2.03. The molecule has 0 aliphatic heterocycles. The highest BCUT2D eigenvalue weighted by Gasteiger charge is 2.01. The molecule has 3 aromatic rings. The average Bonchev–Trinajstić information content (AvgIpc) is 2.46. The summed E-state index contributed by atoms with van der Waals surface area (Å²) in [5.74, 6) is 0.918. The Hall–Kier alpha value is -2.22. The minimum absolute atomic E-state index is 0.883. The molecule has 2 heteroatoms. The lowest BCUT2D eigenvalue weighted by Crippen LogP contribution is -1.98. The second kappa shape index (κ2) is 5.19. The molecule has 0 radical (unpaired) electrons. The van der Waals surface area contributed by atoms with E-state index < -0.39 is 0 Å². The Balaban J connectivity index is 1.81. The molecule has 0 N–H and O–H groups in total. The van der Waals surface area contributed by atoms with Gasteiger partial charge < -0.3 is 0 Å². The number of aryl methyl sites for hydroxylation is 3. The van der Waals surface area contributed by atoms with Crippen LogP contribution in [0.1, 0.15) is 17.0 Å². The van der Waals surface area contributed by atoms with Crippen LogP contribution in [0.4, 0.5) is 0 Å². The summed E-state index contributed by atoms with van der Waals surface area (Å²) in [6, 6.07) is 16.7. The van der Waals surface area contributed by atoms with Crippen LogP contribution in [0.3, 0.4) is 0 Å². The molecule has 0 fully saturated rings. The van der Waals surface area contributed by atoms with Crippen LogP contribution < -0.4 is 0 Å². The van der Waals surface area contributed by atoms with Gasteiger partial charge in [-0.1, -0.05) is 42.5 Å². The molecule has 0 saturated carbocycles. The molecule has 2 nitrogen and oxygen atoms in total. The fourth-order valence-electron chi connectivity index (χ4n) is 2.19. The third kappa shape index (κ3) is 2.79. The first kappa shape index (κ1) is 11.8. The van der Waals surface area contributed by atoms with Crippen molar-refractivity contribution in [3.05, 3.63) is 71.7 Å². The van der Waals surface area contributed by atoms with E-state index in [0.717, 1.165) is 29.6 Å². The molecule has 2 aromatic carbocycles. The molecule has 1 aromatic heterocycles. The largest absolute Gasteiger partial charge is 0.241 e. The number of fused-ring (bicyclic) bond motifs is 1. The van der Waals surface area contributed by atoms with E-state index in [-0.39, 0.29) is 0 Å². The fraction of sp³-hybridized carbons (Fsp3) is 0.176. The van der Waals surface area contributed by atoms with E-state index in [0.29, 0.717) is 0 Å². The summed E-state index contributed by atoms with van der Waals surface area (Å²) in [4.78, 5) is 9.08. The van der Waals surface area contributed by atoms with E-state index in [9.17, 15) is 0 Å². The Morgan fingerprint density at radius 2 is 1.79 bits per heavy atom. The van der Waals surface area contributed by atoms with Gasteiger partial charge in [-0.25, -0.2) is 9.97 Å². The lowest BCUT2D eigenvalue weighted by atomic mass is 10.1. The number of rotatable bonds is 3. The SMILES string of the molecule is Cc1ccc2cnc(CCc3ccccc3)nc2c1. The van der Waals surface area contributed by atoms with Crippen molar-refractivity contribution < 1.29 is 0 Å². The maximum atomic E-state index is 4.64. The van der Waals surface area contributed by atoms with Crippen LogP contribution in [0.25, 0.3) is 10.9 Å². The van der Waals surface area contributed by atoms with Gasteiger partial charge in [-0.3, -0.25) is 0 Å². The number of benzene rings is 2. The standard InChI is InChI=1S/C17H16N2/c1-13-7-9-15-12-18-17(19-16(15)11-13)10-8-14-5-3-2-4-6-14/h2-7,9,11-12H,8,10H2,1H3. The highest BCUT2D eigenvalue weighted by Crippen LogP contribution is 2.13. The minimum Gasteiger partial charge on any atom is -0.241 e. The quantitative estimate of drug-likeness (QED) is 0.706. The van der Waals surface area contributed by atoms with E-state index in [4.69, 9.17) is 0 Å². The van der Waals surface area contributed by atoms with Crippen LogP contribution >= 0.6 is 0 Å². The van der Waals surface area contributed by atoms with Gasteiger partial charge in [0.2, 0.25) is 0 Å². The second-order valence-electron chi connectivity index (χ2n) is 4.83. The van der Waals surface area contributed by atoms with Crippen molar-refractivity contribution >= 4 is 10.9 Å². The molecule has 1 heterocycles. The first-order chi connectivity index (χ1) is 9.31. The smallest absolute Gasteiger partial charge is 0.129 e. The molecule has 0 spiro atoms. The molecule has 3 rings (SSSR count). The van der Waals surface area contributed by atoms with E-state index in [1.165, 1.54) is 11.1 Å². The third-order valence-electron chi connectivity index (χ3n) is 3.27. The monoisotopic (exact) mass is 248 g/mol. The van der Waals surface area contributed by atoms with Crippen LogP contribution in [0.15, 0.2) is 54.7 Å². The van der Waals surface area contributed by atoms with Gasteiger partial charge in [0.15, 0.2) is 0 Å². The number of nitrogens with zero attached hydrogens (tertiary/aromatic N) is 2. The molecule has 0 amide bonds. The van der Waals surface area contributed by atoms with Gasteiger partial charge in [-0.05, 0) is 30.5 Å². The summed E-state index contributed by atoms with van der Waals surface area (Å²) in [5.41, 5.74) is 3.61. The predicted octanol–water partition coefficient (Wildman–Crippen LogP) is 3.72. The Kier molecular flexibility index (Phi) is 3.23. The van der Waals surface area contributed by atoms with Crippen molar-refractivity contribution in [1.82, 2.24) is 9.97 Å². The van der Waals surface area contributed by atoms with Crippen LogP contribution in [-0.4, -0.2) is 9.97 Å². The summed E-state index contributed by atoms with van der Waals surface area (Å²) in [6.07, 6.45) is 3.79. The highest BCUT2D eigenvalue weighted by molar-refractivity contribution is 5.78. The summed E-state index contributed by atoms with van der Waals surface area (Å²) in [5, 5.41) is 1.11. The Labute approximate surface area is 113 Å². The summed E-state index contributed by atoms with van der Waals surface area (Å²) >= 11 is 0. The summed E-state index contributed by atoms with van der Waals surface area (Å²) in [7, 11) is 0. The minimum atomic E-state index is 0.883. The topological polar surface area (TPSA) is 25.8 Å². The summed E-state index contributed by atoms with van der Waals surface area (Å²) in [6.45, 7) is 2.09. The fourth-order valence-corrected chi connectivity index (χ4v) is 2.19. The van der Waals surface area contributed by atoms with Crippen molar-refractivity contribution in [2.24, 2.45) is 0 Å². The normalized spacial score (nSPS) is 10.8. The summed E-state index contributed by atoms with van der Waals surface area (Å²) < 4.78 is 0. The molecule has 19 heavy (non-hydrogen) atoms. The zero-order chi connectivity index (χ0) is 13.1. The van der Waals surface area contributed by atoms with Gasteiger partial charge in [0.25, 0.3) is 0 Å². The van der Waals surface area contributed by atoms with Crippen molar-refractivity contribution in [2.45, 2.75) is 19.8 Å². The first-order valence-electron chi connectivity index (χ1n) is 6.57. The van der Waals surface area contributed by atoms with E-state index in [1.54, 1.807) is 0 Å². The predicted molar refractivity (Wildman–Crippen MR) is 78.1 cm³/mol. The van der Waals surface area contributed by atoms with Crippen molar-refractivity contribution in [3.8, 4) is 0 Å². The zero-order valence-electron chi connectivity index (χ0n) is 11.0. The Morgan fingerprint density at radius 1 is 0.947 bits per heavy atom. The molecule has 0 aliphatic carbocycles. The molecular formula is C17H16N2. The van der Waals surface area contributed by atoms with Crippen LogP contribution in [0.5, 0.6) is 0 Å². The second-order valence-corrected chi connectivity index (χ2v) is 4.83. The molecule has 0 atom stereocenters. The lowest BCUT2D eigenvalue weighted by molar-refractivity contribution is 0.869. The zero-order valence-corrected chi connectivity index (χ0v) is 11.0. The van der Waals surface area contributed by atoms with Gasteiger partial charge >= 0.3 is 0 Å². The van der Waals surface area contributed by atoms with Gasteiger partial charge in [0.05, 0.1) is 5.52 Å². The van der Waals surface area contributed by atoms with Gasteiger partial charge in [0, 0.05) is 18.0 Å². The van der Waals surface area contributed by atoms with Gasteiger partial charge in [-0.15, -0.1) is 0 Å². The van der Waals surface area contributed by atoms with Crippen LogP contribution in [-0.2, 0) is 12.8 Å². The molecule has 0 aliphatic rings. The van der Waals surface area contributed by atoms with E-state index in [2.05, 4.69) is 59.4 Å². The Bertz CT molecular complexity index is 690. The third-order valence-corrected chi connectivity index (χ3v) is 3.27. The molecule has 0 unspecified atom stereocenters. The van der Waals surface area contributed by atoms with E-state index in [1.807, 2.05) is 12.3 Å². The number of hydrogen-bond acceptors (Lipinski definition) is 2. The average molecular weight is 248 g/mol.